The van der Waals surface area contributed by atoms with Crippen LogP contribution < -0.4 is 15.1 Å². The van der Waals surface area contributed by atoms with E-state index in [9.17, 15) is 9.59 Å². The summed E-state index contributed by atoms with van der Waals surface area (Å²) < 4.78 is 1.05. The molecule has 1 fully saturated rings. The molecule has 3 aromatic rings. The number of nitrogens with one attached hydrogen (secondary N) is 1. The fourth-order valence-electron chi connectivity index (χ4n) is 4.87. The zero-order valence-electron chi connectivity index (χ0n) is 18.9. The van der Waals surface area contributed by atoms with Crippen LogP contribution in [0.5, 0.6) is 0 Å². The minimum atomic E-state index is -1.33. The van der Waals surface area contributed by atoms with Gasteiger partial charge in [-0.1, -0.05) is 54.1 Å². The van der Waals surface area contributed by atoms with Gasteiger partial charge in [0.2, 0.25) is 5.91 Å². The van der Waals surface area contributed by atoms with Crippen LogP contribution in [0.25, 0.3) is 0 Å². The highest BCUT2D eigenvalue weighted by Gasteiger charge is 2.52. The number of halogens is 2. The fraction of sp³-hybridized carbons (Fsp3) is 0.259. The Balaban J connectivity index is 1.72. The molecule has 2 heterocycles. The summed E-state index contributed by atoms with van der Waals surface area (Å²) in [6.45, 7) is 5.32. The molecule has 1 N–H and O–H groups in total. The quantitative estimate of drug-likeness (QED) is 0.344. The lowest BCUT2D eigenvalue weighted by atomic mass is 9.71. The van der Waals surface area contributed by atoms with E-state index in [1.807, 2.05) is 60.7 Å². The standard InChI is InChI=1S/C27H25ClIN3O2/c1-27(19-7-9-21(29)10-8-19)25(33)24-22(31-13-11-30-12-14-31)15-20(28)16-23(24)32(26(27)34)17-18-5-3-2-4-6-18/h2-10,15-16,30H,11-14,17H2,1H3. The first-order valence-electron chi connectivity index (χ1n) is 11.4. The first kappa shape index (κ1) is 23.3. The van der Waals surface area contributed by atoms with Gasteiger partial charge in [-0.2, -0.15) is 0 Å². The molecule has 1 amide bonds. The van der Waals surface area contributed by atoms with Crippen LogP contribution in [0.3, 0.4) is 0 Å². The van der Waals surface area contributed by atoms with Crippen LogP contribution in [0.4, 0.5) is 11.4 Å². The summed E-state index contributed by atoms with van der Waals surface area (Å²) >= 11 is 8.81. The summed E-state index contributed by atoms with van der Waals surface area (Å²) in [5.41, 5.74) is 2.32. The lowest BCUT2D eigenvalue weighted by molar-refractivity contribution is -0.122. The average molecular weight is 586 g/mol. The van der Waals surface area contributed by atoms with Gasteiger partial charge in [-0.15, -0.1) is 0 Å². The Kier molecular flexibility index (Phi) is 6.39. The van der Waals surface area contributed by atoms with Gasteiger partial charge in [-0.3, -0.25) is 9.59 Å². The summed E-state index contributed by atoms with van der Waals surface area (Å²) in [5.74, 6) is -0.410. The second-order valence-electron chi connectivity index (χ2n) is 8.89. The second kappa shape index (κ2) is 9.32. The van der Waals surface area contributed by atoms with E-state index < -0.39 is 5.41 Å². The molecule has 0 bridgehead atoms. The van der Waals surface area contributed by atoms with E-state index in [-0.39, 0.29) is 11.7 Å². The van der Waals surface area contributed by atoms with Gasteiger partial charge >= 0.3 is 0 Å². The smallest absolute Gasteiger partial charge is 0.245 e. The molecule has 0 radical (unpaired) electrons. The van der Waals surface area contributed by atoms with Crippen LogP contribution in [-0.2, 0) is 16.8 Å². The molecule has 3 aromatic carbocycles. The van der Waals surface area contributed by atoms with Gasteiger partial charge in [0, 0.05) is 34.8 Å². The highest BCUT2D eigenvalue weighted by atomic mass is 127. The molecule has 174 valence electrons. The molecule has 5 rings (SSSR count). The molecule has 0 saturated carbocycles. The van der Waals surface area contributed by atoms with E-state index in [4.69, 9.17) is 11.6 Å². The van der Waals surface area contributed by atoms with Crippen LogP contribution in [0, 0.1) is 3.57 Å². The summed E-state index contributed by atoms with van der Waals surface area (Å²) in [6.07, 6.45) is 0. The van der Waals surface area contributed by atoms with E-state index in [1.54, 1.807) is 17.9 Å². The van der Waals surface area contributed by atoms with Gasteiger partial charge in [0.05, 0.1) is 23.5 Å². The maximum Gasteiger partial charge on any atom is 0.245 e. The van der Waals surface area contributed by atoms with Crippen LogP contribution in [0.15, 0.2) is 66.7 Å². The summed E-state index contributed by atoms with van der Waals surface area (Å²) in [4.78, 5) is 32.4. The van der Waals surface area contributed by atoms with Crippen LogP contribution in [0.2, 0.25) is 5.02 Å². The molecular formula is C27H25ClIN3O2. The van der Waals surface area contributed by atoms with Gasteiger partial charge in [-0.25, -0.2) is 0 Å². The Bertz CT molecular complexity index is 1240. The molecule has 1 saturated heterocycles. The first-order chi connectivity index (χ1) is 16.4. The minimum Gasteiger partial charge on any atom is -0.368 e. The van der Waals surface area contributed by atoms with Gasteiger partial charge < -0.3 is 15.1 Å². The summed E-state index contributed by atoms with van der Waals surface area (Å²) in [6, 6.07) is 21.2. The Morgan fingerprint density at radius 1 is 0.971 bits per heavy atom. The number of amides is 1. The number of nitrogens with zero attached hydrogens (tertiary/aromatic N) is 2. The van der Waals surface area contributed by atoms with Crippen molar-refractivity contribution < 1.29 is 9.59 Å². The topological polar surface area (TPSA) is 52.7 Å². The number of anilines is 2. The van der Waals surface area contributed by atoms with Crippen molar-refractivity contribution in [3.8, 4) is 0 Å². The molecule has 0 aliphatic carbocycles. The second-order valence-corrected chi connectivity index (χ2v) is 10.6. The van der Waals surface area contributed by atoms with Crippen molar-refractivity contribution in [2.45, 2.75) is 18.9 Å². The largest absolute Gasteiger partial charge is 0.368 e. The number of rotatable bonds is 4. The van der Waals surface area contributed by atoms with Crippen molar-refractivity contribution >= 4 is 57.3 Å². The highest BCUT2D eigenvalue weighted by molar-refractivity contribution is 14.1. The molecule has 1 unspecified atom stereocenters. The number of ketones is 1. The number of piperazine rings is 1. The molecule has 34 heavy (non-hydrogen) atoms. The van der Waals surface area contributed by atoms with Crippen molar-refractivity contribution in [3.05, 3.63) is 92.0 Å². The van der Waals surface area contributed by atoms with Crippen molar-refractivity contribution in [1.82, 2.24) is 5.32 Å². The van der Waals surface area contributed by atoms with Crippen LogP contribution in [0.1, 0.15) is 28.4 Å². The molecule has 2 aliphatic heterocycles. The predicted octanol–water partition coefficient (Wildman–Crippen LogP) is 5.04. The van der Waals surface area contributed by atoms with Crippen LogP contribution >= 0.6 is 34.2 Å². The number of Topliss-reactive ketones (excluding diaryl/α,β-unsaturated/α-hetero) is 1. The van der Waals surface area contributed by atoms with E-state index in [0.29, 0.717) is 28.4 Å². The maximum absolute atomic E-state index is 14.3. The number of hydrogen-bond acceptors (Lipinski definition) is 4. The van der Waals surface area contributed by atoms with Gasteiger partial charge in [0.15, 0.2) is 5.78 Å². The van der Waals surface area contributed by atoms with Gasteiger partial charge in [0.1, 0.15) is 5.41 Å². The fourth-order valence-corrected chi connectivity index (χ4v) is 5.43. The van der Waals surface area contributed by atoms with E-state index >= 15 is 0 Å². The lowest BCUT2D eigenvalue weighted by Gasteiger charge is -2.42. The van der Waals surface area contributed by atoms with Crippen LogP contribution in [-0.4, -0.2) is 37.9 Å². The zero-order valence-corrected chi connectivity index (χ0v) is 21.8. The Morgan fingerprint density at radius 3 is 2.29 bits per heavy atom. The van der Waals surface area contributed by atoms with E-state index in [2.05, 4.69) is 32.8 Å². The Morgan fingerprint density at radius 2 is 1.62 bits per heavy atom. The molecule has 7 heteroatoms. The highest BCUT2D eigenvalue weighted by Crippen LogP contribution is 2.46. The number of benzene rings is 3. The van der Waals surface area contributed by atoms with E-state index in [1.165, 1.54) is 0 Å². The average Bonchev–Trinajstić information content (AvgIpc) is 2.86. The SMILES string of the molecule is CC1(c2ccc(I)cc2)C(=O)c2c(N3CCNCC3)cc(Cl)cc2N(Cc2ccccc2)C1=O. The van der Waals surface area contributed by atoms with E-state index in [0.717, 1.165) is 41.0 Å². The third kappa shape index (κ3) is 4.01. The number of carbonyl (C=O) groups excluding carboxylic acids is 2. The number of carbonyl (C=O) groups is 2. The molecule has 5 nitrogen and oxygen atoms in total. The monoisotopic (exact) mass is 585 g/mol. The predicted molar refractivity (Wildman–Crippen MR) is 145 cm³/mol. The molecular weight excluding hydrogens is 561 g/mol. The third-order valence-corrected chi connectivity index (χ3v) is 7.71. The van der Waals surface area contributed by atoms with Crippen molar-refractivity contribution in [2.75, 3.05) is 36.0 Å². The lowest BCUT2D eigenvalue weighted by Crippen LogP contribution is -2.55. The zero-order chi connectivity index (χ0) is 23.9. The molecule has 2 aliphatic rings. The summed E-state index contributed by atoms with van der Waals surface area (Å²) in [5, 5.41) is 3.88. The Labute approximate surface area is 218 Å². The molecule has 0 spiro atoms. The normalized spacial score (nSPS) is 20.4. The Hall–Kier alpha value is -2.42. The van der Waals surface area contributed by atoms with Gasteiger partial charge in [0.25, 0.3) is 0 Å². The van der Waals surface area contributed by atoms with Crippen molar-refractivity contribution in [2.24, 2.45) is 0 Å². The maximum atomic E-state index is 14.3. The van der Waals surface area contributed by atoms with Crippen molar-refractivity contribution in [3.63, 3.8) is 0 Å². The summed E-state index contributed by atoms with van der Waals surface area (Å²) in [7, 11) is 0. The molecule has 0 aromatic heterocycles. The molecule has 1 atom stereocenters. The van der Waals surface area contributed by atoms with Gasteiger partial charge in [-0.05, 0) is 64.9 Å². The minimum absolute atomic E-state index is 0.178. The number of hydrogen-bond donors (Lipinski definition) is 1. The number of fused-ring (bicyclic) bond motifs is 1. The first-order valence-corrected chi connectivity index (χ1v) is 12.8. The van der Waals surface area contributed by atoms with Crippen molar-refractivity contribution in [1.29, 1.82) is 0 Å². The third-order valence-electron chi connectivity index (χ3n) is 6.77.